The van der Waals surface area contributed by atoms with Crippen molar-refractivity contribution in [3.8, 4) is 5.75 Å². The molecule has 0 heterocycles. The second-order valence-corrected chi connectivity index (χ2v) is 5.10. The van der Waals surface area contributed by atoms with Gasteiger partial charge in [0.15, 0.2) is 0 Å². The highest BCUT2D eigenvalue weighted by Crippen LogP contribution is 2.28. The zero-order valence-electron chi connectivity index (χ0n) is 13.1. The van der Waals surface area contributed by atoms with Gasteiger partial charge in [0.05, 0.1) is 12.3 Å². The van der Waals surface area contributed by atoms with Crippen molar-refractivity contribution in [2.75, 3.05) is 23.8 Å². The van der Waals surface area contributed by atoms with Gasteiger partial charge in [0.25, 0.3) is 0 Å². The lowest BCUT2D eigenvalue weighted by Gasteiger charge is -2.25. The van der Waals surface area contributed by atoms with Gasteiger partial charge in [-0.25, -0.2) is 0 Å². The van der Waals surface area contributed by atoms with Gasteiger partial charge in [-0.05, 0) is 44.0 Å². The van der Waals surface area contributed by atoms with Gasteiger partial charge in [-0.3, -0.25) is 0 Å². The Balaban J connectivity index is 2.25. The fourth-order valence-electron chi connectivity index (χ4n) is 2.38. The molecule has 2 N–H and O–H groups in total. The predicted molar refractivity (Wildman–Crippen MR) is 89.9 cm³/mol. The third-order valence-electron chi connectivity index (χ3n) is 3.67. The molecule has 112 valence electrons. The molecule has 2 rings (SSSR count). The van der Waals surface area contributed by atoms with Crippen LogP contribution in [0.3, 0.4) is 0 Å². The van der Waals surface area contributed by atoms with E-state index in [-0.39, 0.29) is 0 Å². The Morgan fingerprint density at radius 2 is 1.86 bits per heavy atom. The zero-order valence-corrected chi connectivity index (χ0v) is 13.1. The van der Waals surface area contributed by atoms with Gasteiger partial charge in [-0.1, -0.05) is 24.3 Å². The van der Waals surface area contributed by atoms with Crippen LogP contribution >= 0.6 is 0 Å². The maximum Gasteiger partial charge on any atom is 0.144 e. The minimum atomic E-state index is 0.623. The fourth-order valence-corrected chi connectivity index (χ4v) is 2.38. The van der Waals surface area contributed by atoms with Gasteiger partial charge in [0.2, 0.25) is 0 Å². The van der Waals surface area contributed by atoms with E-state index in [4.69, 9.17) is 10.5 Å². The fraction of sp³-hybridized carbons (Fsp3) is 0.333. The number of nitrogen functional groups attached to an aromatic ring is 1. The Morgan fingerprint density at radius 3 is 2.52 bits per heavy atom. The molecular weight excluding hydrogens is 260 g/mol. The van der Waals surface area contributed by atoms with E-state index in [2.05, 4.69) is 49.1 Å². The Labute approximate surface area is 127 Å². The molecule has 0 aromatic heterocycles. The monoisotopic (exact) mass is 284 g/mol. The molecule has 21 heavy (non-hydrogen) atoms. The number of rotatable bonds is 6. The van der Waals surface area contributed by atoms with E-state index < -0.39 is 0 Å². The summed E-state index contributed by atoms with van der Waals surface area (Å²) < 4.78 is 5.59. The van der Waals surface area contributed by atoms with Crippen LogP contribution in [0.4, 0.5) is 11.4 Å². The lowest BCUT2D eigenvalue weighted by Crippen LogP contribution is -2.22. The molecule has 0 atom stereocenters. The first-order chi connectivity index (χ1) is 10.2. The minimum Gasteiger partial charge on any atom is -0.492 e. The molecule has 2 aromatic rings. The SMILES string of the molecule is CCOc1cc(N(CC)Cc2ccccc2C)ccc1N. The normalized spacial score (nSPS) is 10.4. The highest BCUT2D eigenvalue weighted by Gasteiger charge is 2.09. The molecule has 0 saturated carbocycles. The second kappa shape index (κ2) is 7.02. The van der Waals surface area contributed by atoms with Crippen molar-refractivity contribution in [2.45, 2.75) is 27.3 Å². The van der Waals surface area contributed by atoms with Gasteiger partial charge in [-0.2, -0.15) is 0 Å². The highest BCUT2D eigenvalue weighted by atomic mass is 16.5. The summed E-state index contributed by atoms with van der Waals surface area (Å²) in [5.74, 6) is 0.762. The maximum absolute atomic E-state index is 5.95. The van der Waals surface area contributed by atoms with Crippen LogP contribution in [0.1, 0.15) is 25.0 Å². The van der Waals surface area contributed by atoms with E-state index in [0.717, 1.165) is 24.5 Å². The van der Waals surface area contributed by atoms with Crippen molar-refractivity contribution in [3.63, 3.8) is 0 Å². The molecular formula is C18H24N2O. The third-order valence-corrected chi connectivity index (χ3v) is 3.67. The van der Waals surface area contributed by atoms with Crippen LogP contribution in [0, 0.1) is 6.92 Å². The summed E-state index contributed by atoms with van der Waals surface area (Å²) in [4.78, 5) is 2.32. The molecule has 0 radical (unpaired) electrons. The topological polar surface area (TPSA) is 38.5 Å². The average Bonchev–Trinajstić information content (AvgIpc) is 2.49. The Kier molecular flexibility index (Phi) is 5.09. The van der Waals surface area contributed by atoms with Crippen molar-refractivity contribution in [3.05, 3.63) is 53.6 Å². The summed E-state index contributed by atoms with van der Waals surface area (Å²) in [5, 5.41) is 0. The van der Waals surface area contributed by atoms with Crippen molar-refractivity contribution >= 4 is 11.4 Å². The molecule has 0 amide bonds. The number of hydrogen-bond acceptors (Lipinski definition) is 3. The summed E-state index contributed by atoms with van der Waals surface area (Å²) in [6, 6.07) is 14.5. The van der Waals surface area contributed by atoms with E-state index in [1.54, 1.807) is 0 Å². The first-order valence-electron chi connectivity index (χ1n) is 7.47. The lowest BCUT2D eigenvalue weighted by atomic mass is 10.1. The average molecular weight is 284 g/mol. The largest absolute Gasteiger partial charge is 0.492 e. The smallest absolute Gasteiger partial charge is 0.144 e. The molecule has 0 bridgehead atoms. The number of aryl methyl sites for hydroxylation is 1. The Hall–Kier alpha value is -2.16. The van der Waals surface area contributed by atoms with Crippen LogP contribution in [-0.4, -0.2) is 13.2 Å². The van der Waals surface area contributed by atoms with Crippen LogP contribution in [0.5, 0.6) is 5.75 Å². The van der Waals surface area contributed by atoms with E-state index in [9.17, 15) is 0 Å². The van der Waals surface area contributed by atoms with Crippen molar-refractivity contribution in [1.82, 2.24) is 0 Å². The van der Waals surface area contributed by atoms with Gasteiger partial charge in [0, 0.05) is 24.8 Å². The second-order valence-electron chi connectivity index (χ2n) is 5.10. The number of benzene rings is 2. The molecule has 3 nitrogen and oxygen atoms in total. The van der Waals surface area contributed by atoms with Crippen molar-refractivity contribution in [1.29, 1.82) is 0 Å². The molecule has 0 spiro atoms. The van der Waals surface area contributed by atoms with Gasteiger partial charge < -0.3 is 15.4 Å². The summed E-state index contributed by atoms with van der Waals surface area (Å²) in [6.07, 6.45) is 0. The molecule has 0 aliphatic carbocycles. The van der Waals surface area contributed by atoms with Gasteiger partial charge in [0.1, 0.15) is 5.75 Å². The summed E-state index contributed by atoms with van der Waals surface area (Å²) >= 11 is 0. The zero-order chi connectivity index (χ0) is 15.2. The summed E-state index contributed by atoms with van der Waals surface area (Å²) in [5.41, 5.74) is 10.4. The summed E-state index contributed by atoms with van der Waals surface area (Å²) in [7, 11) is 0. The van der Waals surface area contributed by atoms with Gasteiger partial charge in [-0.15, -0.1) is 0 Å². The van der Waals surface area contributed by atoms with Crippen LogP contribution in [0.2, 0.25) is 0 Å². The molecule has 0 fully saturated rings. The predicted octanol–water partition coefficient (Wildman–Crippen LogP) is 4.00. The Bertz CT molecular complexity index is 596. The molecule has 3 heteroatoms. The molecule has 0 aliphatic rings. The number of ether oxygens (including phenoxy) is 1. The van der Waals surface area contributed by atoms with Crippen molar-refractivity contribution in [2.24, 2.45) is 0 Å². The molecule has 0 saturated heterocycles. The van der Waals surface area contributed by atoms with Gasteiger partial charge >= 0.3 is 0 Å². The van der Waals surface area contributed by atoms with E-state index in [1.165, 1.54) is 11.1 Å². The van der Waals surface area contributed by atoms with Crippen LogP contribution in [0.15, 0.2) is 42.5 Å². The minimum absolute atomic E-state index is 0.623. The molecule has 0 unspecified atom stereocenters. The van der Waals surface area contributed by atoms with E-state index >= 15 is 0 Å². The van der Waals surface area contributed by atoms with Crippen LogP contribution in [-0.2, 0) is 6.54 Å². The number of anilines is 2. The lowest BCUT2D eigenvalue weighted by molar-refractivity contribution is 0.342. The summed E-state index contributed by atoms with van der Waals surface area (Å²) in [6.45, 7) is 8.73. The van der Waals surface area contributed by atoms with Crippen LogP contribution < -0.4 is 15.4 Å². The molecule has 0 aliphatic heterocycles. The standard InChI is InChI=1S/C18H24N2O/c1-4-20(13-15-9-7-6-8-14(15)3)16-10-11-17(19)18(12-16)21-5-2/h6-12H,4-5,13,19H2,1-3H3. The first kappa shape index (κ1) is 15.2. The van der Waals surface area contributed by atoms with E-state index in [0.29, 0.717) is 12.3 Å². The number of hydrogen-bond donors (Lipinski definition) is 1. The molecule has 2 aromatic carbocycles. The first-order valence-corrected chi connectivity index (χ1v) is 7.47. The number of nitrogens with two attached hydrogens (primary N) is 1. The third kappa shape index (κ3) is 3.69. The number of nitrogens with zero attached hydrogens (tertiary/aromatic N) is 1. The highest BCUT2D eigenvalue weighted by molar-refractivity contribution is 5.62. The van der Waals surface area contributed by atoms with E-state index in [1.807, 2.05) is 19.1 Å². The maximum atomic E-state index is 5.95. The van der Waals surface area contributed by atoms with Crippen LogP contribution in [0.25, 0.3) is 0 Å². The Morgan fingerprint density at radius 1 is 1.10 bits per heavy atom. The quantitative estimate of drug-likeness (QED) is 0.815. The van der Waals surface area contributed by atoms with Crippen molar-refractivity contribution < 1.29 is 4.74 Å².